The highest BCUT2D eigenvalue weighted by atomic mass is 35.5. The van der Waals surface area contributed by atoms with Gasteiger partial charge in [-0.25, -0.2) is 8.42 Å². The largest absolute Gasteiger partial charge is 0.492 e. The lowest BCUT2D eigenvalue weighted by Gasteiger charge is -2.15. The Morgan fingerprint density at radius 3 is 2.19 bits per heavy atom. The highest BCUT2D eigenvalue weighted by Crippen LogP contribution is 2.30. The van der Waals surface area contributed by atoms with Crippen molar-refractivity contribution in [3.63, 3.8) is 0 Å². The fraction of sp³-hybridized carbons (Fsp3) is 0.0741. The number of hydrogen-bond acceptors (Lipinski definition) is 5. The van der Waals surface area contributed by atoms with Crippen molar-refractivity contribution in [2.24, 2.45) is 0 Å². The van der Waals surface area contributed by atoms with Gasteiger partial charge in [0.1, 0.15) is 17.2 Å². The smallest absolute Gasteiger partial charge is 0.261 e. The zero-order valence-corrected chi connectivity index (χ0v) is 20.8. The summed E-state index contributed by atoms with van der Waals surface area (Å²) in [5.41, 5.74) is 0.952. The maximum absolute atomic E-state index is 13.1. The van der Waals surface area contributed by atoms with E-state index in [0.29, 0.717) is 40.1 Å². The van der Waals surface area contributed by atoms with Crippen molar-refractivity contribution in [1.29, 1.82) is 0 Å². The minimum absolute atomic E-state index is 0.0398. The second-order valence-electron chi connectivity index (χ2n) is 7.60. The Balaban J connectivity index is 1.53. The van der Waals surface area contributed by atoms with Gasteiger partial charge in [-0.15, -0.1) is 0 Å². The van der Waals surface area contributed by atoms with Gasteiger partial charge in [-0.1, -0.05) is 29.8 Å². The number of rotatable bonds is 9. The molecule has 0 radical (unpaired) electrons. The summed E-state index contributed by atoms with van der Waals surface area (Å²) in [5.74, 6) is 1.16. The Kier molecular flexibility index (Phi) is 7.77. The van der Waals surface area contributed by atoms with Crippen LogP contribution >= 0.6 is 11.6 Å². The van der Waals surface area contributed by atoms with E-state index in [-0.39, 0.29) is 10.6 Å². The van der Waals surface area contributed by atoms with E-state index in [2.05, 4.69) is 10.0 Å². The molecule has 2 N–H and O–H groups in total. The number of nitrogens with one attached hydrogen (secondary N) is 2. The van der Waals surface area contributed by atoms with E-state index in [9.17, 15) is 13.2 Å². The van der Waals surface area contributed by atoms with Crippen molar-refractivity contribution < 1.29 is 22.7 Å². The molecular formula is C27H23ClN2O5S. The zero-order valence-electron chi connectivity index (χ0n) is 19.3. The number of halogens is 1. The van der Waals surface area contributed by atoms with Crippen molar-refractivity contribution in [1.82, 2.24) is 0 Å². The van der Waals surface area contributed by atoms with Crippen LogP contribution in [0, 0.1) is 0 Å². The summed E-state index contributed by atoms with van der Waals surface area (Å²) in [6.45, 7) is 2.13. The summed E-state index contributed by atoms with van der Waals surface area (Å²) < 4.78 is 40.0. The van der Waals surface area contributed by atoms with Gasteiger partial charge in [0, 0.05) is 16.3 Å². The van der Waals surface area contributed by atoms with E-state index in [1.807, 2.05) is 30.3 Å². The second kappa shape index (κ2) is 11.2. The molecule has 0 unspecified atom stereocenters. The average molecular weight is 523 g/mol. The SMILES string of the molecule is CCOc1ccc(S(=O)(=O)Nc2ccc(Oc3ccccc3)cc2)cc1NC(=O)c1ccc(Cl)cc1. The molecule has 0 aliphatic rings. The summed E-state index contributed by atoms with van der Waals surface area (Å²) in [5, 5.41) is 3.22. The van der Waals surface area contributed by atoms with Crippen LogP contribution in [-0.4, -0.2) is 20.9 Å². The van der Waals surface area contributed by atoms with Gasteiger partial charge in [0.05, 0.1) is 17.2 Å². The predicted octanol–water partition coefficient (Wildman–Crippen LogP) is 6.58. The number of benzene rings is 4. The molecule has 184 valence electrons. The number of sulfonamides is 1. The number of ether oxygens (including phenoxy) is 2. The first kappa shape index (κ1) is 25.1. The molecule has 7 nitrogen and oxygen atoms in total. The topological polar surface area (TPSA) is 93.7 Å². The molecule has 0 saturated carbocycles. The van der Waals surface area contributed by atoms with Gasteiger partial charge < -0.3 is 14.8 Å². The van der Waals surface area contributed by atoms with Crippen LogP contribution in [0.15, 0.2) is 102 Å². The molecule has 0 aliphatic heterocycles. The van der Waals surface area contributed by atoms with Crippen LogP contribution in [0.4, 0.5) is 11.4 Å². The number of anilines is 2. The van der Waals surface area contributed by atoms with Crippen molar-refractivity contribution in [2.75, 3.05) is 16.6 Å². The summed E-state index contributed by atoms with van der Waals surface area (Å²) in [4.78, 5) is 12.7. The maximum Gasteiger partial charge on any atom is 0.261 e. The number of para-hydroxylation sites is 1. The first-order valence-electron chi connectivity index (χ1n) is 11.0. The molecule has 0 aromatic heterocycles. The van der Waals surface area contributed by atoms with E-state index >= 15 is 0 Å². The van der Waals surface area contributed by atoms with Crippen molar-refractivity contribution in [2.45, 2.75) is 11.8 Å². The monoisotopic (exact) mass is 522 g/mol. The highest BCUT2D eigenvalue weighted by Gasteiger charge is 2.19. The molecule has 4 aromatic rings. The maximum atomic E-state index is 13.1. The molecule has 36 heavy (non-hydrogen) atoms. The van der Waals surface area contributed by atoms with Crippen LogP contribution in [0.5, 0.6) is 17.2 Å². The lowest BCUT2D eigenvalue weighted by molar-refractivity contribution is 0.102. The van der Waals surface area contributed by atoms with Crippen molar-refractivity contribution in [3.8, 4) is 17.2 Å². The first-order valence-corrected chi connectivity index (χ1v) is 12.9. The Labute approximate surface area is 214 Å². The Bertz CT molecular complexity index is 1440. The summed E-state index contributed by atoms with van der Waals surface area (Å²) in [6.07, 6.45) is 0. The first-order chi connectivity index (χ1) is 17.3. The number of carbonyl (C=O) groups is 1. The van der Waals surface area contributed by atoms with Gasteiger partial charge in [0.15, 0.2) is 0 Å². The van der Waals surface area contributed by atoms with E-state index in [0.717, 1.165) is 0 Å². The molecule has 4 rings (SSSR count). The van der Waals surface area contributed by atoms with Gasteiger partial charge in [-0.3, -0.25) is 9.52 Å². The van der Waals surface area contributed by atoms with E-state index in [1.54, 1.807) is 55.5 Å². The molecular weight excluding hydrogens is 500 g/mol. The molecule has 1 amide bonds. The Morgan fingerprint density at radius 2 is 1.53 bits per heavy atom. The van der Waals surface area contributed by atoms with Crippen molar-refractivity contribution >= 4 is 38.9 Å². The van der Waals surface area contributed by atoms with Crippen LogP contribution in [0.2, 0.25) is 5.02 Å². The van der Waals surface area contributed by atoms with Crippen LogP contribution in [-0.2, 0) is 10.0 Å². The third-order valence-electron chi connectivity index (χ3n) is 5.00. The number of hydrogen-bond donors (Lipinski definition) is 2. The normalized spacial score (nSPS) is 10.9. The molecule has 9 heteroatoms. The molecule has 0 aliphatic carbocycles. The van der Waals surface area contributed by atoms with E-state index in [1.165, 1.54) is 18.2 Å². The third-order valence-corrected chi connectivity index (χ3v) is 6.63. The minimum atomic E-state index is -3.96. The zero-order chi connectivity index (χ0) is 25.5. The molecule has 0 bridgehead atoms. The molecule has 0 fully saturated rings. The Hall–Kier alpha value is -4.01. The fourth-order valence-corrected chi connectivity index (χ4v) is 4.49. The second-order valence-corrected chi connectivity index (χ2v) is 9.72. The molecule has 0 heterocycles. The van der Waals surface area contributed by atoms with Gasteiger partial charge in [-0.05, 0) is 85.8 Å². The fourth-order valence-electron chi connectivity index (χ4n) is 3.28. The Morgan fingerprint density at radius 1 is 0.861 bits per heavy atom. The van der Waals surface area contributed by atoms with Gasteiger partial charge >= 0.3 is 0 Å². The average Bonchev–Trinajstić information content (AvgIpc) is 2.87. The summed E-state index contributed by atoms with van der Waals surface area (Å²) >= 11 is 5.89. The highest BCUT2D eigenvalue weighted by molar-refractivity contribution is 7.92. The van der Waals surface area contributed by atoms with Gasteiger partial charge in [0.25, 0.3) is 15.9 Å². The van der Waals surface area contributed by atoms with E-state index in [4.69, 9.17) is 21.1 Å². The van der Waals surface area contributed by atoms with Crippen LogP contribution in [0.3, 0.4) is 0 Å². The molecule has 0 spiro atoms. The lowest BCUT2D eigenvalue weighted by atomic mass is 10.2. The third kappa shape index (κ3) is 6.35. The van der Waals surface area contributed by atoms with Gasteiger partial charge in [-0.2, -0.15) is 0 Å². The standard InChI is InChI=1S/C27H23ClN2O5S/c1-2-34-26-17-16-24(18-25(26)29-27(31)19-8-10-20(28)11-9-19)36(32,33)30-21-12-14-23(15-13-21)35-22-6-4-3-5-7-22/h3-18,30H,2H2,1H3,(H,29,31). The van der Waals surface area contributed by atoms with Crippen LogP contribution < -0.4 is 19.5 Å². The molecule has 4 aromatic carbocycles. The lowest BCUT2D eigenvalue weighted by Crippen LogP contribution is -2.16. The number of carbonyl (C=O) groups excluding carboxylic acids is 1. The van der Waals surface area contributed by atoms with E-state index < -0.39 is 15.9 Å². The number of amides is 1. The predicted molar refractivity (Wildman–Crippen MR) is 141 cm³/mol. The van der Waals surface area contributed by atoms with Crippen molar-refractivity contribution in [3.05, 3.63) is 108 Å². The molecule has 0 saturated heterocycles. The summed E-state index contributed by atoms with van der Waals surface area (Å²) in [7, 11) is -3.96. The molecule has 0 atom stereocenters. The minimum Gasteiger partial charge on any atom is -0.492 e. The quantitative estimate of drug-likeness (QED) is 0.259. The van der Waals surface area contributed by atoms with Gasteiger partial charge in [0.2, 0.25) is 0 Å². The summed E-state index contributed by atoms with van der Waals surface area (Å²) in [6, 6.07) is 26.4. The van der Waals surface area contributed by atoms with Crippen LogP contribution in [0.1, 0.15) is 17.3 Å². The van der Waals surface area contributed by atoms with Crippen LogP contribution in [0.25, 0.3) is 0 Å².